The first-order chi connectivity index (χ1) is 35.0. The van der Waals surface area contributed by atoms with Crippen molar-refractivity contribution in [1.82, 2.24) is 0 Å². The summed E-state index contributed by atoms with van der Waals surface area (Å²) in [5.74, 6) is -1.16. The summed E-state index contributed by atoms with van der Waals surface area (Å²) in [5.41, 5.74) is 0. The molecule has 1 unspecified atom stereocenters. The van der Waals surface area contributed by atoms with Crippen molar-refractivity contribution in [3.63, 3.8) is 0 Å². The van der Waals surface area contributed by atoms with Crippen LogP contribution in [0, 0.1) is 0 Å². The van der Waals surface area contributed by atoms with Crippen LogP contribution in [-0.4, -0.2) is 37.2 Å². The molecule has 0 spiro atoms. The number of rotatable bonds is 45. The van der Waals surface area contributed by atoms with E-state index in [-0.39, 0.29) is 38.4 Å². The van der Waals surface area contributed by atoms with Crippen molar-refractivity contribution in [3.05, 3.63) is 194 Å². The summed E-state index contributed by atoms with van der Waals surface area (Å²) in [6.07, 6.45) is 87.1. The van der Waals surface area contributed by atoms with Gasteiger partial charge < -0.3 is 14.2 Å². The Morgan fingerprint density at radius 3 is 1.13 bits per heavy atom. The quantitative estimate of drug-likeness (QED) is 0.0199. The Labute approximate surface area is 433 Å². The first-order valence-corrected chi connectivity index (χ1v) is 27.0. The van der Waals surface area contributed by atoms with E-state index in [4.69, 9.17) is 14.2 Å². The fraction of sp³-hybridized carbons (Fsp3) is 0.462. The maximum absolute atomic E-state index is 12.8. The summed E-state index contributed by atoms with van der Waals surface area (Å²) in [4.78, 5) is 38.1. The van der Waals surface area contributed by atoms with Gasteiger partial charge in [0.2, 0.25) is 0 Å². The van der Waals surface area contributed by atoms with E-state index < -0.39 is 18.0 Å². The number of hydrogen-bond donors (Lipinski definition) is 0. The number of ether oxygens (including phenoxy) is 3. The lowest BCUT2D eigenvalue weighted by Gasteiger charge is -2.18. The molecular weight excluding hydrogens is 877 g/mol. The Hall–Kier alpha value is -5.75. The Balaban J connectivity index is 4.73. The highest BCUT2D eigenvalue weighted by Gasteiger charge is 2.19. The fourth-order valence-electron chi connectivity index (χ4n) is 6.25. The van der Waals surface area contributed by atoms with Crippen molar-refractivity contribution in [1.29, 1.82) is 0 Å². The molecule has 0 fully saturated rings. The molecule has 1 atom stereocenters. The van der Waals surface area contributed by atoms with Crippen molar-refractivity contribution >= 4 is 17.9 Å². The van der Waals surface area contributed by atoms with Crippen LogP contribution in [0.15, 0.2) is 194 Å². The zero-order valence-electron chi connectivity index (χ0n) is 44.4. The molecule has 0 amide bonds. The van der Waals surface area contributed by atoms with E-state index in [1.165, 1.54) is 25.7 Å². The van der Waals surface area contributed by atoms with E-state index in [1.54, 1.807) is 0 Å². The molecule has 0 aromatic carbocycles. The van der Waals surface area contributed by atoms with Crippen LogP contribution in [0.5, 0.6) is 0 Å². The lowest BCUT2D eigenvalue weighted by Crippen LogP contribution is -2.30. The minimum atomic E-state index is -0.867. The summed E-state index contributed by atoms with van der Waals surface area (Å²) in [6, 6.07) is 0. The van der Waals surface area contributed by atoms with Gasteiger partial charge in [-0.2, -0.15) is 0 Å². The molecule has 0 rings (SSSR count). The number of unbranched alkanes of at least 4 members (excludes halogenated alkanes) is 7. The molecule has 0 saturated heterocycles. The number of carbonyl (C=O) groups is 3. The summed E-state index contributed by atoms with van der Waals surface area (Å²) >= 11 is 0. The van der Waals surface area contributed by atoms with Crippen LogP contribution in [-0.2, 0) is 28.6 Å². The second-order valence-corrected chi connectivity index (χ2v) is 16.8. The molecule has 0 aliphatic heterocycles. The van der Waals surface area contributed by atoms with Crippen molar-refractivity contribution < 1.29 is 28.6 Å². The molecule has 6 nitrogen and oxygen atoms in total. The highest BCUT2D eigenvalue weighted by Crippen LogP contribution is 2.09. The Morgan fingerprint density at radius 2 is 0.662 bits per heavy atom. The third-order valence-corrected chi connectivity index (χ3v) is 10.2. The minimum Gasteiger partial charge on any atom is -0.462 e. The van der Waals surface area contributed by atoms with Gasteiger partial charge in [-0.05, 0) is 116 Å². The van der Waals surface area contributed by atoms with Gasteiger partial charge in [-0.15, -0.1) is 0 Å². The van der Waals surface area contributed by atoms with Crippen LogP contribution in [0.4, 0.5) is 0 Å². The lowest BCUT2D eigenvalue weighted by atomic mass is 10.1. The topological polar surface area (TPSA) is 78.9 Å². The molecule has 0 N–H and O–H groups in total. The van der Waals surface area contributed by atoms with Gasteiger partial charge in [-0.3, -0.25) is 14.4 Å². The van der Waals surface area contributed by atoms with E-state index in [9.17, 15) is 14.4 Å². The first-order valence-electron chi connectivity index (χ1n) is 27.0. The summed E-state index contributed by atoms with van der Waals surface area (Å²) < 4.78 is 16.7. The minimum absolute atomic E-state index is 0.160. The van der Waals surface area contributed by atoms with Crippen LogP contribution in [0.3, 0.4) is 0 Å². The second kappa shape index (κ2) is 56.8. The average molecular weight is 971 g/mol. The zero-order valence-corrected chi connectivity index (χ0v) is 44.4. The molecule has 0 radical (unpaired) electrons. The van der Waals surface area contributed by atoms with Crippen LogP contribution in [0.1, 0.15) is 175 Å². The largest absolute Gasteiger partial charge is 0.462 e. The van der Waals surface area contributed by atoms with Crippen molar-refractivity contribution in [2.24, 2.45) is 0 Å². The zero-order chi connectivity index (χ0) is 51.4. The van der Waals surface area contributed by atoms with E-state index in [1.807, 2.05) is 72.9 Å². The molecule has 0 aromatic rings. The van der Waals surface area contributed by atoms with E-state index in [0.29, 0.717) is 19.3 Å². The van der Waals surface area contributed by atoms with E-state index in [2.05, 4.69) is 142 Å². The molecule has 0 aliphatic carbocycles. The van der Waals surface area contributed by atoms with Crippen LogP contribution >= 0.6 is 0 Å². The van der Waals surface area contributed by atoms with Crippen molar-refractivity contribution in [2.75, 3.05) is 13.2 Å². The molecule has 0 aliphatic rings. The predicted molar refractivity (Wildman–Crippen MR) is 306 cm³/mol. The first kappa shape index (κ1) is 65.2. The molecule has 6 heteroatoms. The number of allylic oxidation sites excluding steroid dienone is 32. The van der Waals surface area contributed by atoms with E-state index >= 15 is 0 Å². The lowest BCUT2D eigenvalue weighted by molar-refractivity contribution is -0.166. The van der Waals surface area contributed by atoms with Gasteiger partial charge in [-0.25, -0.2) is 0 Å². The van der Waals surface area contributed by atoms with Gasteiger partial charge in [0.15, 0.2) is 6.10 Å². The number of carbonyl (C=O) groups excluding carboxylic acids is 3. The smallest absolute Gasteiger partial charge is 0.306 e. The van der Waals surface area contributed by atoms with Crippen molar-refractivity contribution in [2.45, 2.75) is 181 Å². The summed E-state index contributed by atoms with van der Waals surface area (Å²) in [6.45, 7) is 6.16. The normalized spacial score (nSPS) is 13.7. The molecule has 0 heterocycles. The number of hydrogen-bond acceptors (Lipinski definition) is 6. The van der Waals surface area contributed by atoms with Crippen LogP contribution in [0.25, 0.3) is 0 Å². The monoisotopic (exact) mass is 971 g/mol. The fourth-order valence-corrected chi connectivity index (χ4v) is 6.25. The SMILES string of the molecule is CC\C=C/C=C\C=C/C=C\C=C\C=C/CCCCCC(=O)OC(COC(=O)CC/C=C\C/C=C\C/C=C\C/C=C\C/C=C\C/C=C\CC)COC(=O)CCC/C=C\C/C=C\C/C=C\C/C=C\CCCCC. The Bertz CT molecular complexity index is 1780. The molecule has 0 bridgehead atoms. The highest BCUT2D eigenvalue weighted by atomic mass is 16.6. The van der Waals surface area contributed by atoms with Gasteiger partial charge in [0, 0.05) is 19.3 Å². The highest BCUT2D eigenvalue weighted by molar-refractivity contribution is 5.71. The summed E-state index contributed by atoms with van der Waals surface area (Å²) in [5, 5.41) is 0. The summed E-state index contributed by atoms with van der Waals surface area (Å²) in [7, 11) is 0. The standard InChI is InChI=1S/C65H94O6/c1-4-7-10-13-16-19-22-25-28-31-32-35-37-40-43-46-49-52-55-58-64(67)70-61-62(71-65(68)59-56-53-50-47-44-41-38-34-30-27-24-21-18-15-12-9-6-3)60-69-63(66)57-54-51-48-45-42-39-36-33-29-26-23-20-17-14-11-8-5-2/h7,9-10,12,15-21,24-30,32,34-36,38-41,43-45,48-49,52,62H,4-6,8,11,13-14,22-23,31,33,37,42,46-47,50-51,53-61H2,1-3H3/b10-7-,12-9-,18-15-,19-16-,20-17-,24-21-,28-25-,29-26-,30-27-,35-32-,38-34+,39-36-,43-40-,44-41-,48-45-,52-49-. The molecule has 0 saturated carbocycles. The third-order valence-electron chi connectivity index (χ3n) is 10.2. The van der Waals surface area contributed by atoms with Gasteiger partial charge >= 0.3 is 17.9 Å². The molecule has 390 valence electrons. The van der Waals surface area contributed by atoms with Gasteiger partial charge in [-0.1, -0.05) is 234 Å². The second-order valence-electron chi connectivity index (χ2n) is 16.8. The van der Waals surface area contributed by atoms with E-state index in [0.717, 1.165) is 89.9 Å². The Morgan fingerprint density at radius 1 is 0.310 bits per heavy atom. The molecule has 71 heavy (non-hydrogen) atoms. The molecule has 0 aromatic heterocycles. The van der Waals surface area contributed by atoms with Crippen molar-refractivity contribution in [3.8, 4) is 0 Å². The maximum Gasteiger partial charge on any atom is 0.306 e. The maximum atomic E-state index is 12.8. The predicted octanol–water partition coefficient (Wildman–Crippen LogP) is 18.3. The van der Waals surface area contributed by atoms with Crippen LogP contribution < -0.4 is 0 Å². The van der Waals surface area contributed by atoms with Gasteiger partial charge in [0.05, 0.1) is 0 Å². The average Bonchev–Trinajstić information content (AvgIpc) is 3.37. The number of esters is 3. The Kier molecular flexibility index (Phi) is 52.2. The third kappa shape index (κ3) is 55.1. The van der Waals surface area contributed by atoms with Crippen LogP contribution in [0.2, 0.25) is 0 Å². The van der Waals surface area contributed by atoms with Gasteiger partial charge in [0.25, 0.3) is 0 Å². The van der Waals surface area contributed by atoms with Gasteiger partial charge in [0.1, 0.15) is 13.2 Å². The molecular formula is C65H94O6.